The number of anilines is 1. The molecule has 0 saturated carbocycles. The predicted octanol–water partition coefficient (Wildman–Crippen LogP) is 6.22. The quantitative estimate of drug-likeness (QED) is 0.313. The molecule has 3 aromatic carbocycles. The molecular formula is C28H31N3S. The Bertz CT molecular complexity index is 1000. The summed E-state index contributed by atoms with van der Waals surface area (Å²) in [5.41, 5.74) is 2.24. The Morgan fingerprint density at radius 2 is 1.22 bits per heavy atom. The van der Waals surface area contributed by atoms with Crippen molar-refractivity contribution in [1.82, 2.24) is 10.3 Å². The van der Waals surface area contributed by atoms with Gasteiger partial charge >= 0.3 is 0 Å². The number of hydrogen-bond donors (Lipinski definition) is 1. The summed E-state index contributed by atoms with van der Waals surface area (Å²) in [6.45, 7) is 1.66. The van der Waals surface area contributed by atoms with Gasteiger partial charge in [-0.1, -0.05) is 54.6 Å². The lowest BCUT2D eigenvalue weighted by Crippen LogP contribution is -2.23. The first-order chi connectivity index (χ1) is 15.7. The topological polar surface area (TPSA) is 28.2 Å². The molecule has 4 aromatic rings. The maximum absolute atomic E-state index is 4.55. The molecule has 1 N–H and O–H groups in total. The normalized spacial score (nSPS) is 11.8. The first kappa shape index (κ1) is 22.1. The summed E-state index contributed by atoms with van der Waals surface area (Å²) in [5.74, 6) is 1.03. The van der Waals surface area contributed by atoms with Gasteiger partial charge in [0.25, 0.3) is 0 Å². The highest BCUT2D eigenvalue weighted by Gasteiger charge is 2.30. The third-order valence-corrected chi connectivity index (χ3v) is 9.69. The summed E-state index contributed by atoms with van der Waals surface area (Å²) < 4.78 is 0. The molecule has 1 heterocycles. The van der Waals surface area contributed by atoms with Gasteiger partial charge in [-0.3, -0.25) is 4.98 Å². The smallest absolute Gasteiger partial charge is 0.0562 e. The molecule has 164 valence electrons. The van der Waals surface area contributed by atoms with Crippen LogP contribution in [0.4, 0.5) is 5.69 Å². The van der Waals surface area contributed by atoms with Crippen LogP contribution < -0.4 is 10.2 Å². The van der Waals surface area contributed by atoms with Gasteiger partial charge in [0.15, 0.2) is 0 Å². The van der Waals surface area contributed by atoms with E-state index in [-0.39, 0.29) is 0 Å². The van der Waals surface area contributed by atoms with Crippen molar-refractivity contribution in [3.63, 3.8) is 0 Å². The first-order valence-corrected chi connectivity index (χ1v) is 12.8. The van der Waals surface area contributed by atoms with Gasteiger partial charge in [0, 0.05) is 44.8 Å². The van der Waals surface area contributed by atoms with E-state index in [0.717, 1.165) is 24.5 Å². The molecule has 32 heavy (non-hydrogen) atoms. The Morgan fingerprint density at radius 3 is 1.69 bits per heavy atom. The van der Waals surface area contributed by atoms with E-state index in [4.69, 9.17) is 0 Å². The SMILES string of the molecule is CN(C)c1ccnc(CNCCS(c2ccccc2)(c2ccccc2)c2ccccc2)c1. The van der Waals surface area contributed by atoms with Crippen molar-refractivity contribution in [3.05, 3.63) is 115 Å². The predicted molar refractivity (Wildman–Crippen MR) is 137 cm³/mol. The van der Waals surface area contributed by atoms with E-state index in [9.17, 15) is 0 Å². The maximum Gasteiger partial charge on any atom is 0.0562 e. The summed E-state index contributed by atoms with van der Waals surface area (Å²) in [6, 6.07) is 37.2. The highest BCUT2D eigenvalue weighted by molar-refractivity contribution is 8.33. The van der Waals surface area contributed by atoms with Crippen LogP contribution >= 0.6 is 10.0 Å². The fourth-order valence-corrected chi connectivity index (χ4v) is 7.84. The monoisotopic (exact) mass is 441 g/mol. The van der Waals surface area contributed by atoms with Crippen LogP contribution in [0.2, 0.25) is 0 Å². The average molecular weight is 442 g/mol. The van der Waals surface area contributed by atoms with E-state index in [0.29, 0.717) is 0 Å². The van der Waals surface area contributed by atoms with Crippen molar-refractivity contribution in [3.8, 4) is 0 Å². The van der Waals surface area contributed by atoms with E-state index in [2.05, 4.69) is 126 Å². The highest BCUT2D eigenvalue weighted by atomic mass is 32.3. The lowest BCUT2D eigenvalue weighted by Gasteiger charge is -2.41. The maximum atomic E-state index is 4.55. The number of hydrogen-bond acceptors (Lipinski definition) is 3. The summed E-state index contributed by atoms with van der Waals surface area (Å²) in [4.78, 5) is 10.8. The van der Waals surface area contributed by atoms with Crippen molar-refractivity contribution in [2.75, 3.05) is 31.3 Å². The number of nitrogens with one attached hydrogen (secondary N) is 1. The van der Waals surface area contributed by atoms with Crippen LogP contribution in [-0.2, 0) is 6.54 Å². The summed E-state index contributed by atoms with van der Waals surface area (Å²) in [5, 5.41) is 3.67. The van der Waals surface area contributed by atoms with Crippen LogP contribution in [-0.4, -0.2) is 31.4 Å². The summed E-state index contributed by atoms with van der Waals surface area (Å²) in [7, 11) is 2.72. The van der Waals surface area contributed by atoms with Crippen LogP contribution in [0.1, 0.15) is 5.69 Å². The van der Waals surface area contributed by atoms with Gasteiger partial charge in [0.2, 0.25) is 0 Å². The largest absolute Gasteiger partial charge is 0.378 e. The molecule has 0 fully saturated rings. The molecule has 0 atom stereocenters. The molecule has 0 aliphatic heterocycles. The molecule has 0 radical (unpaired) electrons. The van der Waals surface area contributed by atoms with Gasteiger partial charge in [-0.2, -0.15) is 10.0 Å². The fraction of sp³-hybridized carbons (Fsp3) is 0.179. The van der Waals surface area contributed by atoms with Crippen molar-refractivity contribution >= 4 is 15.7 Å². The van der Waals surface area contributed by atoms with E-state index in [1.54, 1.807) is 0 Å². The van der Waals surface area contributed by atoms with Crippen LogP contribution in [0, 0.1) is 0 Å². The highest BCUT2D eigenvalue weighted by Crippen LogP contribution is 2.67. The molecule has 3 nitrogen and oxygen atoms in total. The van der Waals surface area contributed by atoms with Crippen molar-refractivity contribution in [2.24, 2.45) is 0 Å². The zero-order chi connectivity index (χ0) is 22.2. The molecule has 0 saturated heterocycles. The first-order valence-electron chi connectivity index (χ1n) is 11.0. The van der Waals surface area contributed by atoms with Gasteiger partial charge in [-0.15, -0.1) is 0 Å². The molecule has 0 amide bonds. The molecule has 1 aromatic heterocycles. The van der Waals surface area contributed by atoms with Gasteiger partial charge in [-0.25, -0.2) is 0 Å². The number of pyridine rings is 1. The second kappa shape index (κ2) is 10.5. The zero-order valence-electron chi connectivity index (χ0n) is 18.8. The molecule has 0 spiro atoms. The van der Waals surface area contributed by atoms with Crippen LogP contribution in [0.25, 0.3) is 0 Å². The third kappa shape index (κ3) is 4.87. The lowest BCUT2D eigenvalue weighted by atomic mass is 10.3. The van der Waals surface area contributed by atoms with Crippen molar-refractivity contribution in [2.45, 2.75) is 21.2 Å². The molecule has 0 unspecified atom stereocenters. The van der Waals surface area contributed by atoms with Crippen molar-refractivity contribution in [1.29, 1.82) is 0 Å². The molecule has 0 aliphatic rings. The molecule has 4 heteroatoms. The molecular weight excluding hydrogens is 410 g/mol. The second-order valence-electron chi connectivity index (χ2n) is 7.96. The lowest BCUT2D eigenvalue weighted by molar-refractivity contribution is 0.712. The number of rotatable bonds is 9. The van der Waals surface area contributed by atoms with E-state index in [1.165, 1.54) is 20.4 Å². The van der Waals surface area contributed by atoms with E-state index < -0.39 is 10.0 Å². The minimum atomic E-state index is -1.40. The Balaban J connectivity index is 1.63. The minimum Gasteiger partial charge on any atom is -0.378 e. The van der Waals surface area contributed by atoms with E-state index in [1.807, 2.05) is 12.3 Å². The molecule has 4 rings (SSSR count). The van der Waals surface area contributed by atoms with Gasteiger partial charge in [-0.05, 0) is 63.2 Å². The van der Waals surface area contributed by atoms with Gasteiger partial charge in [0.1, 0.15) is 0 Å². The van der Waals surface area contributed by atoms with Crippen LogP contribution in [0.15, 0.2) is 124 Å². The van der Waals surface area contributed by atoms with Gasteiger partial charge < -0.3 is 10.2 Å². The zero-order valence-corrected chi connectivity index (χ0v) is 19.6. The third-order valence-electron chi connectivity index (χ3n) is 5.64. The second-order valence-corrected chi connectivity index (χ2v) is 11.3. The Morgan fingerprint density at radius 1 is 0.719 bits per heavy atom. The number of aromatic nitrogens is 1. The summed E-state index contributed by atoms with van der Waals surface area (Å²) >= 11 is 0. The number of nitrogens with zero attached hydrogens (tertiary/aromatic N) is 2. The Hall–Kier alpha value is -3.08. The van der Waals surface area contributed by atoms with Crippen LogP contribution in [0.3, 0.4) is 0 Å². The van der Waals surface area contributed by atoms with E-state index >= 15 is 0 Å². The standard InChI is InChI=1S/C28H31N3S/c1-31(2)25-18-19-30-24(22-25)23-29-20-21-32(26-12-6-3-7-13-26,27-14-8-4-9-15-27)28-16-10-5-11-17-28/h3-19,22,29H,20-21,23H2,1-2H3. The molecule has 0 aliphatic carbocycles. The van der Waals surface area contributed by atoms with Crippen molar-refractivity contribution < 1.29 is 0 Å². The van der Waals surface area contributed by atoms with Crippen LogP contribution in [0.5, 0.6) is 0 Å². The Kier molecular flexibility index (Phi) is 7.25. The average Bonchev–Trinajstić information content (AvgIpc) is 2.86. The fourth-order valence-electron chi connectivity index (χ4n) is 4.00. The number of benzene rings is 3. The minimum absolute atomic E-state index is 0.759. The Labute approximate surface area is 193 Å². The summed E-state index contributed by atoms with van der Waals surface area (Å²) in [6.07, 6.45) is 1.89. The molecule has 0 bridgehead atoms. The van der Waals surface area contributed by atoms with Gasteiger partial charge in [0.05, 0.1) is 5.69 Å².